The highest BCUT2D eigenvalue weighted by Crippen LogP contribution is 2.29. The summed E-state index contributed by atoms with van der Waals surface area (Å²) in [5.74, 6) is -0.737. The SMILES string of the molecule is Cc1cc(N2C(=O)CCS2(=O)=O)ccc1S(=O)(=O)NCC(c1ccccc1)N1CCCC1. The van der Waals surface area contributed by atoms with Crippen molar-refractivity contribution < 1.29 is 21.6 Å². The van der Waals surface area contributed by atoms with E-state index in [4.69, 9.17) is 0 Å². The van der Waals surface area contributed by atoms with Crippen LogP contribution in [0.15, 0.2) is 53.4 Å². The minimum atomic E-state index is -3.84. The topological polar surface area (TPSA) is 104 Å². The molecule has 10 heteroatoms. The Labute approximate surface area is 189 Å². The molecule has 0 radical (unpaired) electrons. The Morgan fingerprint density at radius 1 is 1.06 bits per heavy atom. The van der Waals surface area contributed by atoms with Crippen LogP contribution in [0.1, 0.15) is 36.4 Å². The zero-order chi connectivity index (χ0) is 22.9. The van der Waals surface area contributed by atoms with Crippen molar-refractivity contribution in [1.82, 2.24) is 9.62 Å². The first-order valence-electron chi connectivity index (χ1n) is 10.6. The number of nitrogens with one attached hydrogen (secondary N) is 1. The van der Waals surface area contributed by atoms with Crippen molar-refractivity contribution in [3.63, 3.8) is 0 Å². The van der Waals surface area contributed by atoms with Gasteiger partial charge >= 0.3 is 0 Å². The Morgan fingerprint density at radius 3 is 2.34 bits per heavy atom. The Balaban J connectivity index is 1.56. The molecule has 172 valence electrons. The second-order valence-electron chi connectivity index (χ2n) is 8.20. The van der Waals surface area contributed by atoms with Gasteiger partial charge in [-0.1, -0.05) is 30.3 Å². The summed E-state index contributed by atoms with van der Waals surface area (Å²) in [6.45, 7) is 3.67. The van der Waals surface area contributed by atoms with Gasteiger partial charge in [-0.3, -0.25) is 9.69 Å². The third kappa shape index (κ3) is 4.59. The Morgan fingerprint density at radius 2 is 1.75 bits per heavy atom. The number of carbonyl (C=O) groups excluding carboxylic acids is 1. The van der Waals surface area contributed by atoms with E-state index in [1.807, 2.05) is 30.3 Å². The second kappa shape index (κ2) is 8.93. The summed E-state index contributed by atoms with van der Waals surface area (Å²) in [4.78, 5) is 14.4. The predicted molar refractivity (Wildman–Crippen MR) is 122 cm³/mol. The van der Waals surface area contributed by atoms with Gasteiger partial charge in [-0.15, -0.1) is 0 Å². The first-order valence-corrected chi connectivity index (χ1v) is 13.7. The van der Waals surface area contributed by atoms with Crippen molar-refractivity contribution >= 4 is 31.6 Å². The monoisotopic (exact) mass is 477 g/mol. The number of anilines is 1. The zero-order valence-electron chi connectivity index (χ0n) is 17.9. The van der Waals surface area contributed by atoms with E-state index in [0.717, 1.165) is 35.8 Å². The maximum Gasteiger partial charge on any atom is 0.242 e. The Hall–Kier alpha value is -2.27. The standard InChI is InChI=1S/C22H27N3O5S2/c1-17-15-19(25-22(26)11-14-31(25,27)28)9-10-21(17)32(29,30)23-16-20(24-12-5-6-13-24)18-7-3-2-4-8-18/h2-4,7-10,15,20,23H,5-6,11-14,16H2,1H3. The van der Waals surface area contributed by atoms with Crippen molar-refractivity contribution in [2.45, 2.75) is 37.1 Å². The largest absolute Gasteiger partial charge is 0.295 e. The predicted octanol–water partition coefficient (Wildman–Crippen LogP) is 2.18. The summed E-state index contributed by atoms with van der Waals surface area (Å²) in [7, 11) is -7.54. The number of aryl methyl sites for hydroxylation is 1. The zero-order valence-corrected chi connectivity index (χ0v) is 19.5. The number of carbonyl (C=O) groups is 1. The molecule has 1 unspecified atom stereocenters. The van der Waals surface area contributed by atoms with Crippen molar-refractivity contribution in [1.29, 1.82) is 0 Å². The third-order valence-electron chi connectivity index (χ3n) is 5.99. The van der Waals surface area contributed by atoms with E-state index in [9.17, 15) is 21.6 Å². The van der Waals surface area contributed by atoms with Gasteiger partial charge in [0.15, 0.2) is 0 Å². The minimum Gasteiger partial charge on any atom is -0.295 e. The lowest BCUT2D eigenvalue weighted by Gasteiger charge is -2.28. The molecule has 0 aliphatic carbocycles. The van der Waals surface area contributed by atoms with Crippen LogP contribution in [0.4, 0.5) is 5.69 Å². The lowest BCUT2D eigenvalue weighted by molar-refractivity contribution is -0.116. The number of benzene rings is 2. The first-order chi connectivity index (χ1) is 15.2. The molecular formula is C22H27N3O5S2. The molecule has 2 fully saturated rings. The van der Waals surface area contributed by atoms with E-state index in [-0.39, 0.29) is 35.3 Å². The fraction of sp³-hybridized carbons (Fsp3) is 0.409. The third-order valence-corrected chi connectivity index (χ3v) is 9.27. The van der Waals surface area contributed by atoms with E-state index in [1.165, 1.54) is 18.2 Å². The van der Waals surface area contributed by atoms with E-state index in [2.05, 4.69) is 9.62 Å². The molecule has 2 saturated heterocycles. The van der Waals surface area contributed by atoms with E-state index in [0.29, 0.717) is 5.56 Å². The highest BCUT2D eigenvalue weighted by Gasteiger charge is 2.36. The number of likely N-dealkylation sites (tertiary alicyclic amines) is 1. The summed E-state index contributed by atoms with van der Waals surface area (Å²) in [6.07, 6.45) is 2.12. The maximum absolute atomic E-state index is 13.1. The molecule has 8 nitrogen and oxygen atoms in total. The highest BCUT2D eigenvalue weighted by atomic mass is 32.2. The fourth-order valence-corrected chi connectivity index (χ4v) is 7.10. The molecule has 1 atom stereocenters. The van der Waals surface area contributed by atoms with Crippen LogP contribution in [0.3, 0.4) is 0 Å². The molecule has 0 spiro atoms. The molecule has 0 bridgehead atoms. The van der Waals surface area contributed by atoms with Gasteiger partial charge in [0.25, 0.3) is 0 Å². The van der Waals surface area contributed by atoms with Crippen LogP contribution in [-0.4, -0.2) is 53.0 Å². The number of nitrogens with zero attached hydrogens (tertiary/aromatic N) is 2. The van der Waals surface area contributed by atoms with Gasteiger partial charge in [0.1, 0.15) is 0 Å². The van der Waals surface area contributed by atoms with Crippen molar-refractivity contribution in [3.8, 4) is 0 Å². The second-order valence-corrected chi connectivity index (χ2v) is 11.9. The van der Waals surface area contributed by atoms with Crippen LogP contribution < -0.4 is 9.03 Å². The molecule has 2 aliphatic rings. The van der Waals surface area contributed by atoms with Crippen molar-refractivity contribution in [3.05, 3.63) is 59.7 Å². The number of hydrogen-bond donors (Lipinski definition) is 1. The van der Waals surface area contributed by atoms with E-state index < -0.39 is 26.0 Å². The Kier molecular flexibility index (Phi) is 6.39. The molecule has 32 heavy (non-hydrogen) atoms. The van der Waals surface area contributed by atoms with Gasteiger partial charge in [0.2, 0.25) is 26.0 Å². The Bertz CT molecular complexity index is 1210. The molecule has 0 saturated carbocycles. The molecule has 4 rings (SSSR count). The average molecular weight is 478 g/mol. The number of sulfonamides is 2. The van der Waals surface area contributed by atoms with Crippen LogP contribution >= 0.6 is 0 Å². The molecular weight excluding hydrogens is 450 g/mol. The molecule has 0 aromatic heterocycles. The highest BCUT2D eigenvalue weighted by molar-refractivity contribution is 7.94. The number of hydrogen-bond acceptors (Lipinski definition) is 6. The van der Waals surface area contributed by atoms with Crippen LogP contribution in [0, 0.1) is 6.92 Å². The summed E-state index contributed by atoms with van der Waals surface area (Å²) < 4.78 is 54.1. The summed E-state index contributed by atoms with van der Waals surface area (Å²) >= 11 is 0. The van der Waals surface area contributed by atoms with Gasteiger partial charge in [-0.2, -0.15) is 0 Å². The van der Waals surface area contributed by atoms with Gasteiger partial charge in [0, 0.05) is 19.0 Å². The average Bonchev–Trinajstić information content (AvgIpc) is 3.36. The molecule has 2 aromatic rings. The summed E-state index contributed by atoms with van der Waals surface area (Å²) in [5.41, 5.74) is 1.60. The van der Waals surface area contributed by atoms with Gasteiger partial charge in [0.05, 0.1) is 16.3 Å². The minimum absolute atomic E-state index is 0.0681. The molecule has 2 aliphatic heterocycles. The molecule has 2 heterocycles. The van der Waals surface area contributed by atoms with E-state index in [1.54, 1.807) is 6.92 Å². The lowest BCUT2D eigenvalue weighted by Crippen LogP contribution is -2.37. The number of amides is 1. The summed E-state index contributed by atoms with van der Waals surface area (Å²) in [5, 5.41) is 0. The normalized spacial score (nSPS) is 20.0. The van der Waals surface area contributed by atoms with Crippen molar-refractivity contribution in [2.24, 2.45) is 0 Å². The molecule has 2 aromatic carbocycles. The number of rotatable bonds is 7. The lowest BCUT2D eigenvalue weighted by atomic mass is 10.1. The van der Waals surface area contributed by atoms with Gasteiger partial charge in [-0.05, 0) is 62.2 Å². The van der Waals surface area contributed by atoms with Gasteiger partial charge in [-0.25, -0.2) is 25.9 Å². The van der Waals surface area contributed by atoms with Crippen LogP contribution in [0.25, 0.3) is 0 Å². The van der Waals surface area contributed by atoms with E-state index >= 15 is 0 Å². The van der Waals surface area contributed by atoms with Crippen LogP contribution in [-0.2, 0) is 24.8 Å². The first kappa shape index (κ1) is 22.9. The van der Waals surface area contributed by atoms with Crippen LogP contribution in [0.2, 0.25) is 0 Å². The quantitative estimate of drug-likeness (QED) is 0.656. The van der Waals surface area contributed by atoms with Crippen LogP contribution in [0.5, 0.6) is 0 Å². The fourth-order valence-electron chi connectivity index (χ4n) is 4.38. The van der Waals surface area contributed by atoms with Crippen molar-refractivity contribution in [2.75, 3.05) is 29.7 Å². The van der Waals surface area contributed by atoms with Gasteiger partial charge < -0.3 is 0 Å². The maximum atomic E-state index is 13.1. The summed E-state index contributed by atoms with van der Waals surface area (Å²) in [6, 6.07) is 13.9. The molecule has 1 amide bonds. The molecule has 1 N–H and O–H groups in total. The smallest absolute Gasteiger partial charge is 0.242 e.